The summed E-state index contributed by atoms with van der Waals surface area (Å²) in [5, 5.41) is 19.1. The predicted molar refractivity (Wildman–Crippen MR) is 76.7 cm³/mol. The van der Waals surface area contributed by atoms with Crippen LogP contribution in [0, 0.1) is 11.3 Å². The van der Waals surface area contributed by atoms with Gasteiger partial charge in [-0.25, -0.2) is 0 Å². The fourth-order valence-electron chi connectivity index (χ4n) is 2.69. The fraction of sp³-hybridized carbons (Fsp3) is 0.438. The maximum Gasteiger partial charge on any atom is 0.203 e. The molecule has 6 nitrogen and oxygen atoms in total. The second-order valence-corrected chi connectivity index (χ2v) is 5.34. The highest BCUT2D eigenvalue weighted by Crippen LogP contribution is 2.24. The molecule has 22 heavy (non-hydrogen) atoms. The van der Waals surface area contributed by atoms with Gasteiger partial charge in [0.05, 0.1) is 26.0 Å². The summed E-state index contributed by atoms with van der Waals surface area (Å²) >= 11 is 0. The van der Waals surface area contributed by atoms with Crippen LogP contribution >= 0.6 is 0 Å². The molecule has 3 heterocycles. The highest BCUT2D eigenvalue weighted by molar-refractivity contribution is 5.19. The number of nitrogens with zero attached hydrogens (tertiary/aromatic N) is 2. The van der Waals surface area contributed by atoms with E-state index in [0.29, 0.717) is 37.7 Å². The van der Waals surface area contributed by atoms with Crippen LogP contribution in [0.25, 0.3) is 0 Å². The molecule has 1 saturated heterocycles. The van der Waals surface area contributed by atoms with Crippen molar-refractivity contribution in [2.75, 3.05) is 19.8 Å². The van der Waals surface area contributed by atoms with Crippen molar-refractivity contribution in [2.24, 2.45) is 0 Å². The van der Waals surface area contributed by atoms with Gasteiger partial charge in [0.25, 0.3) is 0 Å². The minimum Gasteiger partial charge on any atom is -0.467 e. The molecule has 1 aliphatic heterocycles. The highest BCUT2D eigenvalue weighted by Gasteiger charge is 2.27. The van der Waals surface area contributed by atoms with Gasteiger partial charge < -0.3 is 18.7 Å². The Morgan fingerprint density at radius 2 is 2.32 bits per heavy atom. The van der Waals surface area contributed by atoms with Gasteiger partial charge in [0.1, 0.15) is 23.7 Å². The van der Waals surface area contributed by atoms with E-state index in [1.54, 1.807) is 24.5 Å². The summed E-state index contributed by atoms with van der Waals surface area (Å²) in [4.78, 5) is 2.20. The minimum absolute atomic E-state index is 0.0736. The zero-order valence-corrected chi connectivity index (χ0v) is 12.1. The minimum atomic E-state index is -0.657. The monoisotopic (exact) mass is 302 g/mol. The van der Waals surface area contributed by atoms with Crippen LogP contribution in [0.4, 0.5) is 0 Å². The van der Waals surface area contributed by atoms with Crippen LogP contribution in [0.2, 0.25) is 0 Å². The Morgan fingerprint density at radius 1 is 1.41 bits per heavy atom. The lowest BCUT2D eigenvalue weighted by molar-refractivity contribution is -0.0346. The molecule has 0 bridgehead atoms. The highest BCUT2D eigenvalue weighted by atomic mass is 16.5. The van der Waals surface area contributed by atoms with E-state index in [1.165, 1.54) is 0 Å². The molecule has 0 aromatic carbocycles. The molecule has 2 atom stereocenters. The maximum absolute atomic E-state index is 10.2. The van der Waals surface area contributed by atoms with Gasteiger partial charge >= 0.3 is 0 Å². The van der Waals surface area contributed by atoms with Crippen molar-refractivity contribution < 1.29 is 18.7 Å². The molecular formula is C16H18N2O4. The first-order chi connectivity index (χ1) is 10.8. The molecule has 0 radical (unpaired) electrons. The molecule has 2 aromatic heterocycles. The van der Waals surface area contributed by atoms with Gasteiger partial charge in [-0.15, -0.1) is 0 Å². The van der Waals surface area contributed by atoms with Gasteiger partial charge in [-0.2, -0.15) is 5.26 Å². The average Bonchev–Trinajstić information content (AvgIpc) is 3.20. The summed E-state index contributed by atoms with van der Waals surface area (Å²) in [6.45, 7) is 2.57. The number of morpholine rings is 1. The third-order valence-corrected chi connectivity index (χ3v) is 3.85. The van der Waals surface area contributed by atoms with Crippen molar-refractivity contribution in [3.8, 4) is 6.07 Å². The third-order valence-electron chi connectivity index (χ3n) is 3.85. The molecule has 1 fully saturated rings. The molecule has 1 N–H and O–H groups in total. The molecule has 6 heteroatoms. The first kappa shape index (κ1) is 14.9. The number of rotatable bonds is 5. The molecule has 0 spiro atoms. The number of ether oxygens (including phenoxy) is 1. The number of hydrogen-bond donors (Lipinski definition) is 1. The molecule has 2 aromatic rings. The topological polar surface area (TPSA) is 82.8 Å². The van der Waals surface area contributed by atoms with Gasteiger partial charge in [-0.3, -0.25) is 4.90 Å². The average molecular weight is 302 g/mol. The second-order valence-electron chi connectivity index (χ2n) is 5.34. The Labute approximate surface area is 128 Å². The van der Waals surface area contributed by atoms with Crippen LogP contribution in [-0.2, 0) is 11.3 Å². The van der Waals surface area contributed by atoms with Crippen molar-refractivity contribution in [3.63, 3.8) is 0 Å². The maximum atomic E-state index is 10.2. The standard InChI is InChI=1S/C16H18N2O4/c17-9-13-3-4-14(22-13)10-18-5-7-20-11-12(18)8-15(19)16-2-1-6-21-16/h1-4,6,12,15,19H,5,7-8,10-11H2. The SMILES string of the molecule is N#Cc1ccc(CN2CCOCC2CC(O)c2ccco2)o1. The van der Waals surface area contributed by atoms with Gasteiger partial charge in [0.2, 0.25) is 5.76 Å². The summed E-state index contributed by atoms with van der Waals surface area (Å²) in [5.41, 5.74) is 0. The fourth-order valence-corrected chi connectivity index (χ4v) is 2.69. The molecule has 2 unspecified atom stereocenters. The molecule has 0 amide bonds. The second kappa shape index (κ2) is 6.79. The van der Waals surface area contributed by atoms with Crippen LogP contribution < -0.4 is 0 Å². The summed E-state index contributed by atoms with van der Waals surface area (Å²) in [5.74, 6) is 1.63. The number of aliphatic hydroxyl groups excluding tert-OH is 1. The molecule has 3 rings (SSSR count). The van der Waals surface area contributed by atoms with Crippen molar-refractivity contribution in [3.05, 3.63) is 47.8 Å². The van der Waals surface area contributed by atoms with Gasteiger partial charge in [-0.1, -0.05) is 0 Å². The van der Waals surface area contributed by atoms with Crippen LogP contribution in [0.3, 0.4) is 0 Å². The predicted octanol–water partition coefficient (Wildman–Crippen LogP) is 2.07. The first-order valence-corrected chi connectivity index (χ1v) is 7.28. The van der Waals surface area contributed by atoms with Gasteiger partial charge in [0.15, 0.2) is 0 Å². The van der Waals surface area contributed by atoms with Crippen LogP contribution in [0.15, 0.2) is 39.4 Å². The van der Waals surface area contributed by atoms with Crippen molar-refractivity contribution >= 4 is 0 Å². The number of nitriles is 1. The largest absolute Gasteiger partial charge is 0.467 e. The van der Waals surface area contributed by atoms with Gasteiger partial charge in [0, 0.05) is 12.6 Å². The lowest BCUT2D eigenvalue weighted by Crippen LogP contribution is -2.45. The summed E-state index contributed by atoms with van der Waals surface area (Å²) in [6, 6.07) is 9.07. The van der Waals surface area contributed by atoms with E-state index >= 15 is 0 Å². The third kappa shape index (κ3) is 3.39. The van der Waals surface area contributed by atoms with Crippen molar-refractivity contribution in [1.82, 2.24) is 4.90 Å². The van der Waals surface area contributed by atoms with E-state index in [-0.39, 0.29) is 6.04 Å². The van der Waals surface area contributed by atoms with E-state index in [9.17, 15) is 5.11 Å². The lowest BCUT2D eigenvalue weighted by atomic mass is 10.1. The van der Waals surface area contributed by atoms with Crippen molar-refractivity contribution in [2.45, 2.75) is 25.1 Å². The Kier molecular flexibility index (Phi) is 4.59. The van der Waals surface area contributed by atoms with E-state index < -0.39 is 6.10 Å². The first-order valence-electron chi connectivity index (χ1n) is 7.28. The number of furan rings is 2. The zero-order chi connectivity index (χ0) is 15.4. The normalized spacial score (nSPS) is 20.6. The molecular weight excluding hydrogens is 284 g/mol. The quantitative estimate of drug-likeness (QED) is 0.910. The summed E-state index contributed by atoms with van der Waals surface area (Å²) < 4.78 is 16.2. The lowest BCUT2D eigenvalue weighted by Gasteiger charge is -2.35. The van der Waals surface area contributed by atoms with Crippen LogP contribution in [0.5, 0.6) is 0 Å². The Balaban J connectivity index is 1.64. The number of hydrogen-bond acceptors (Lipinski definition) is 6. The van der Waals surface area contributed by atoms with E-state index in [1.807, 2.05) is 12.1 Å². The van der Waals surface area contributed by atoms with Crippen molar-refractivity contribution in [1.29, 1.82) is 5.26 Å². The zero-order valence-electron chi connectivity index (χ0n) is 12.1. The smallest absolute Gasteiger partial charge is 0.203 e. The van der Waals surface area contributed by atoms with E-state index in [4.69, 9.17) is 18.8 Å². The molecule has 1 aliphatic rings. The molecule has 0 saturated carbocycles. The van der Waals surface area contributed by atoms with E-state index in [2.05, 4.69) is 4.90 Å². The summed E-state index contributed by atoms with van der Waals surface area (Å²) in [7, 11) is 0. The Morgan fingerprint density at radius 3 is 3.05 bits per heavy atom. The number of aliphatic hydroxyl groups is 1. The van der Waals surface area contributed by atoms with E-state index in [0.717, 1.165) is 12.3 Å². The molecule has 0 aliphatic carbocycles. The Hall–Kier alpha value is -2.07. The molecule has 116 valence electrons. The van der Waals surface area contributed by atoms with Crippen LogP contribution in [0.1, 0.15) is 29.8 Å². The summed E-state index contributed by atoms with van der Waals surface area (Å²) in [6.07, 6.45) is 1.43. The van der Waals surface area contributed by atoms with Gasteiger partial charge in [-0.05, 0) is 30.7 Å². The van der Waals surface area contributed by atoms with Crippen LogP contribution in [-0.4, -0.2) is 35.8 Å². The Bertz CT molecular complexity index is 629.